The number of thiophene rings is 1. The van der Waals surface area contributed by atoms with Crippen molar-refractivity contribution in [2.45, 2.75) is 19.4 Å². The molecule has 3 aromatic rings. The van der Waals surface area contributed by atoms with Crippen molar-refractivity contribution in [3.63, 3.8) is 0 Å². The summed E-state index contributed by atoms with van der Waals surface area (Å²) in [4.78, 5) is 1.80. The third-order valence-corrected chi connectivity index (χ3v) is 5.00. The van der Waals surface area contributed by atoms with Gasteiger partial charge in [0.1, 0.15) is 11.4 Å². The summed E-state index contributed by atoms with van der Waals surface area (Å²) in [6, 6.07) is 15.3. The maximum absolute atomic E-state index is 13.6. The minimum atomic E-state index is -2.92. The molecule has 1 N–H and O–H groups in total. The molecule has 0 spiro atoms. The predicted molar refractivity (Wildman–Crippen MR) is 98.4 cm³/mol. The van der Waals surface area contributed by atoms with Crippen molar-refractivity contribution in [2.24, 2.45) is 7.05 Å². The third-order valence-electron chi connectivity index (χ3n) is 3.83. The highest BCUT2D eigenvalue weighted by Gasteiger charge is 2.29. The van der Waals surface area contributed by atoms with Crippen molar-refractivity contribution in [1.82, 2.24) is 15.1 Å². The Labute approximate surface area is 149 Å². The number of alkyl halides is 2. The van der Waals surface area contributed by atoms with Gasteiger partial charge < -0.3 is 5.32 Å². The molecule has 0 aliphatic carbocycles. The fourth-order valence-electron chi connectivity index (χ4n) is 2.53. The summed E-state index contributed by atoms with van der Waals surface area (Å²) in [5, 5.41) is 7.50. The maximum atomic E-state index is 13.6. The van der Waals surface area contributed by atoms with Gasteiger partial charge in [-0.05, 0) is 23.8 Å². The SMILES string of the molecule is C=C(NCc1ccccc1)c1ccc(-c2cc(C(C)(F)F)n(C)n2)s1. The van der Waals surface area contributed by atoms with Gasteiger partial charge in [-0.15, -0.1) is 11.3 Å². The van der Waals surface area contributed by atoms with Crippen LogP contribution in [0.1, 0.15) is 23.1 Å². The number of aryl methyl sites for hydroxylation is 1. The molecule has 3 nitrogen and oxygen atoms in total. The van der Waals surface area contributed by atoms with Crippen LogP contribution in [-0.4, -0.2) is 9.78 Å². The molecule has 0 saturated heterocycles. The summed E-state index contributed by atoms with van der Waals surface area (Å²) >= 11 is 1.48. The number of benzene rings is 1. The molecule has 1 aromatic carbocycles. The largest absolute Gasteiger partial charge is 0.380 e. The zero-order valence-electron chi connectivity index (χ0n) is 14.1. The molecule has 0 aliphatic heterocycles. The predicted octanol–water partition coefficient (Wildman–Crippen LogP) is 5.02. The van der Waals surface area contributed by atoms with Crippen molar-refractivity contribution < 1.29 is 8.78 Å². The lowest BCUT2D eigenvalue weighted by Gasteiger charge is -2.08. The van der Waals surface area contributed by atoms with E-state index in [9.17, 15) is 8.78 Å². The molecule has 2 aromatic heterocycles. The number of hydrogen-bond donors (Lipinski definition) is 1. The summed E-state index contributed by atoms with van der Waals surface area (Å²) in [6.07, 6.45) is 0. The van der Waals surface area contributed by atoms with E-state index in [0.717, 1.165) is 22.4 Å². The van der Waals surface area contributed by atoms with E-state index in [4.69, 9.17) is 0 Å². The Morgan fingerprint density at radius 3 is 2.60 bits per heavy atom. The molecule has 0 radical (unpaired) electrons. The molecule has 0 unspecified atom stereocenters. The Morgan fingerprint density at radius 1 is 1.24 bits per heavy atom. The molecule has 6 heteroatoms. The second kappa shape index (κ2) is 6.80. The first-order valence-corrected chi connectivity index (χ1v) is 8.66. The topological polar surface area (TPSA) is 29.9 Å². The molecule has 25 heavy (non-hydrogen) atoms. The fraction of sp³-hybridized carbons (Fsp3) is 0.211. The van der Waals surface area contributed by atoms with Gasteiger partial charge in [0.2, 0.25) is 0 Å². The van der Waals surface area contributed by atoms with Crippen molar-refractivity contribution in [2.75, 3.05) is 0 Å². The van der Waals surface area contributed by atoms with Gasteiger partial charge in [0.15, 0.2) is 0 Å². The number of aromatic nitrogens is 2. The lowest BCUT2D eigenvalue weighted by Crippen LogP contribution is -2.12. The number of nitrogens with one attached hydrogen (secondary N) is 1. The van der Waals surface area contributed by atoms with Gasteiger partial charge in [0.05, 0.1) is 9.75 Å². The standard InChI is InChI=1S/C19H19F2N3S/c1-13(22-12-14-7-5-4-6-8-14)16-9-10-17(25-16)15-11-18(19(2,20)21)24(3)23-15/h4-11,22H,1,12H2,2-3H3. The molecule has 3 rings (SSSR count). The summed E-state index contributed by atoms with van der Waals surface area (Å²) in [5.41, 5.74) is 2.42. The highest BCUT2D eigenvalue weighted by Crippen LogP contribution is 2.34. The van der Waals surface area contributed by atoms with Crippen molar-refractivity contribution >= 4 is 17.0 Å². The second-order valence-electron chi connectivity index (χ2n) is 5.91. The lowest BCUT2D eigenvalue weighted by atomic mass is 10.2. The van der Waals surface area contributed by atoms with E-state index in [1.807, 2.05) is 42.5 Å². The maximum Gasteiger partial charge on any atom is 0.286 e. The Balaban J connectivity index is 1.73. The van der Waals surface area contributed by atoms with Crippen LogP contribution in [0.2, 0.25) is 0 Å². The summed E-state index contributed by atoms with van der Waals surface area (Å²) in [6.45, 7) is 5.62. The Bertz CT molecular complexity index is 876. The minimum absolute atomic E-state index is 0.0986. The molecule has 0 amide bonds. The highest BCUT2D eigenvalue weighted by atomic mass is 32.1. The average Bonchev–Trinajstić information content (AvgIpc) is 3.19. The van der Waals surface area contributed by atoms with E-state index >= 15 is 0 Å². The number of halogens is 2. The first kappa shape index (κ1) is 17.4. The highest BCUT2D eigenvalue weighted by molar-refractivity contribution is 7.16. The summed E-state index contributed by atoms with van der Waals surface area (Å²) in [5.74, 6) is -2.92. The van der Waals surface area contributed by atoms with Gasteiger partial charge in [0, 0.05) is 26.2 Å². The van der Waals surface area contributed by atoms with Gasteiger partial charge in [-0.25, -0.2) is 0 Å². The Hall–Kier alpha value is -2.47. The van der Waals surface area contributed by atoms with Gasteiger partial charge in [-0.1, -0.05) is 36.9 Å². The number of rotatable bonds is 6. The fourth-order valence-corrected chi connectivity index (χ4v) is 3.44. The lowest BCUT2D eigenvalue weighted by molar-refractivity contribution is 0.00883. The van der Waals surface area contributed by atoms with Crippen LogP contribution in [0.15, 0.2) is 55.1 Å². The van der Waals surface area contributed by atoms with Crippen molar-refractivity contribution in [3.8, 4) is 10.6 Å². The Morgan fingerprint density at radius 2 is 1.96 bits per heavy atom. The molecule has 0 bridgehead atoms. The minimum Gasteiger partial charge on any atom is -0.380 e. The van der Waals surface area contributed by atoms with Crippen LogP contribution >= 0.6 is 11.3 Å². The second-order valence-corrected chi connectivity index (χ2v) is 6.99. The van der Waals surface area contributed by atoms with E-state index in [-0.39, 0.29) is 5.69 Å². The van der Waals surface area contributed by atoms with Gasteiger partial charge in [0.25, 0.3) is 5.92 Å². The van der Waals surface area contributed by atoms with E-state index in [2.05, 4.69) is 17.0 Å². The van der Waals surface area contributed by atoms with Crippen LogP contribution in [0.5, 0.6) is 0 Å². The van der Waals surface area contributed by atoms with Gasteiger partial charge in [-0.3, -0.25) is 4.68 Å². The van der Waals surface area contributed by atoms with Crippen molar-refractivity contribution in [1.29, 1.82) is 0 Å². The van der Waals surface area contributed by atoms with E-state index in [0.29, 0.717) is 12.2 Å². The molecule has 0 atom stereocenters. The van der Waals surface area contributed by atoms with Crippen LogP contribution in [-0.2, 0) is 19.5 Å². The molecule has 2 heterocycles. The van der Waals surface area contributed by atoms with Crippen LogP contribution in [0.3, 0.4) is 0 Å². The third kappa shape index (κ3) is 3.96. The van der Waals surface area contributed by atoms with Crippen LogP contribution in [0.4, 0.5) is 8.78 Å². The zero-order chi connectivity index (χ0) is 18.0. The van der Waals surface area contributed by atoms with Gasteiger partial charge >= 0.3 is 0 Å². The first-order chi connectivity index (χ1) is 11.8. The quantitative estimate of drug-likeness (QED) is 0.670. The monoisotopic (exact) mass is 359 g/mol. The first-order valence-electron chi connectivity index (χ1n) is 7.84. The smallest absolute Gasteiger partial charge is 0.286 e. The van der Waals surface area contributed by atoms with Crippen LogP contribution in [0, 0.1) is 0 Å². The van der Waals surface area contributed by atoms with Crippen molar-refractivity contribution in [3.05, 3.63) is 71.2 Å². The number of nitrogens with zero attached hydrogens (tertiary/aromatic N) is 2. The van der Waals surface area contributed by atoms with Crippen LogP contribution < -0.4 is 5.32 Å². The van der Waals surface area contributed by atoms with E-state index in [1.165, 1.54) is 34.7 Å². The normalized spacial score (nSPS) is 11.5. The molecule has 0 fully saturated rings. The average molecular weight is 359 g/mol. The summed E-state index contributed by atoms with van der Waals surface area (Å²) < 4.78 is 28.3. The molecular formula is C19H19F2N3S. The van der Waals surface area contributed by atoms with Gasteiger partial charge in [-0.2, -0.15) is 13.9 Å². The molecule has 0 saturated carbocycles. The molecule has 130 valence electrons. The Kier molecular flexibility index (Phi) is 4.72. The molecule has 0 aliphatic rings. The molecular weight excluding hydrogens is 340 g/mol. The summed E-state index contributed by atoms with van der Waals surface area (Å²) in [7, 11) is 1.53. The van der Waals surface area contributed by atoms with Crippen LogP contribution in [0.25, 0.3) is 16.3 Å². The zero-order valence-corrected chi connectivity index (χ0v) is 14.9. The van der Waals surface area contributed by atoms with E-state index in [1.54, 1.807) is 0 Å². The van der Waals surface area contributed by atoms with E-state index < -0.39 is 5.92 Å². The number of hydrogen-bond acceptors (Lipinski definition) is 3.